The third-order valence-electron chi connectivity index (χ3n) is 2.21. The Kier molecular flexibility index (Phi) is 4.09. The van der Waals surface area contributed by atoms with E-state index in [1.54, 1.807) is 13.8 Å². The molecule has 1 aromatic carbocycles. The number of phenols is 1. The van der Waals surface area contributed by atoms with Gasteiger partial charge in [0, 0.05) is 5.56 Å². The summed E-state index contributed by atoms with van der Waals surface area (Å²) in [6.45, 7) is 3.37. The predicted octanol–water partition coefficient (Wildman–Crippen LogP) is 1.46. The Labute approximate surface area is 99.0 Å². The normalized spacial score (nSPS) is 9.82. The molecule has 0 spiro atoms. The van der Waals surface area contributed by atoms with Gasteiger partial charge in [-0.1, -0.05) is 0 Å². The number of Topliss-reactive ketones (excluding diaryl/α,β-unsaturated/α-hetero) is 1. The maximum atomic E-state index is 11.7. The molecular formula is C12H14O5. The third-order valence-corrected chi connectivity index (χ3v) is 2.21. The van der Waals surface area contributed by atoms with E-state index in [-0.39, 0.29) is 23.7 Å². The lowest BCUT2D eigenvalue weighted by molar-refractivity contribution is -0.137. The Bertz CT molecular complexity index is 450. The zero-order valence-corrected chi connectivity index (χ0v) is 9.94. The molecule has 17 heavy (non-hydrogen) atoms. The van der Waals surface area contributed by atoms with Gasteiger partial charge in [0.15, 0.2) is 11.5 Å². The van der Waals surface area contributed by atoms with Crippen molar-refractivity contribution in [2.45, 2.75) is 13.8 Å². The molecule has 1 rings (SSSR count). The number of hydrogen-bond donors (Lipinski definition) is 1. The fraction of sp³-hybridized carbons (Fsp3) is 0.333. The molecule has 92 valence electrons. The molecule has 0 saturated heterocycles. The molecule has 5 nitrogen and oxygen atoms in total. The van der Waals surface area contributed by atoms with Gasteiger partial charge in [-0.2, -0.15) is 0 Å². The number of carbonyl (C=O) groups excluding carboxylic acids is 2. The van der Waals surface area contributed by atoms with Crippen LogP contribution in [0.2, 0.25) is 0 Å². The number of ketones is 1. The SMILES string of the molecule is CCOC(=O)C(=O)c1cc(C)c(O)c(OC)c1. The molecule has 0 atom stereocenters. The van der Waals surface area contributed by atoms with Crippen molar-refractivity contribution in [3.63, 3.8) is 0 Å². The fourth-order valence-corrected chi connectivity index (χ4v) is 1.35. The molecule has 0 bridgehead atoms. The molecule has 0 amide bonds. The predicted molar refractivity (Wildman–Crippen MR) is 60.4 cm³/mol. The number of esters is 1. The van der Waals surface area contributed by atoms with E-state index in [0.717, 1.165) is 0 Å². The number of aryl methyl sites for hydroxylation is 1. The van der Waals surface area contributed by atoms with Gasteiger partial charge < -0.3 is 14.6 Å². The second kappa shape index (κ2) is 5.34. The molecule has 0 heterocycles. The lowest BCUT2D eigenvalue weighted by Crippen LogP contribution is -2.17. The summed E-state index contributed by atoms with van der Waals surface area (Å²) in [4.78, 5) is 22.9. The van der Waals surface area contributed by atoms with Gasteiger partial charge in [-0.15, -0.1) is 0 Å². The van der Waals surface area contributed by atoms with Crippen molar-refractivity contribution in [1.29, 1.82) is 0 Å². The number of phenolic OH excluding ortho intramolecular Hbond substituents is 1. The van der Waals surface area contributed by atoms with Crippen LogP contribution < -0.4 is 4.74 Å². The minimum absolute atomic E-state index is 0.0482. The first-order valence-electron chi connectivity index (χ1n) is 5.10. The maximum Gasteiger partial charge on any atom is 0.379 e. The summed E-state index contributed by atoms with van der Waals surface area (Å²) < 4.78 is 9.51. The molecule has 5 heteroatoms. The Morgan fingerprint density at radius 3 is 2.53 bits per heavy atom. The summed E-state index contributed by atoms with van der Waals surface area (Å²) in [6, 6.07) is 2.72. The first kappa shape index (κ1) is 13.0. The Morgan fingerprint density at radius 2 is 2.00 bits per heavy atom. The number of ether oxygens (including phenoxy) is 2. The highest BCUT2D eigenvalue weighted by Gasteiger charge is 2.20. The van der Waals surface area contributed by atoms with Crippen molar-refractivity contribution in [3.8, 4) is 11.5 Å². The second-order valence-corrected chi connectivity index (χ2v) is 3.39. The van der Waals surface area contributed by atoms with Crippen molar-refractivity contribution < 1.29 is 24.2 Å². The van der Waals surface area contributed by atoms with Crippen LogP contribution >= 0.6 is 0 Å². The first-order valence-corrected chi connectivity index (χ1v) is 5.10. The average molecular weight is 238 g/mol. The van der Waals surface area contributed by atoms with Crippen LogP contribution in [0, 0.1) is 6.92 Å². The van der Waals surface area contributed by atoms with Gasteiger partial charge in [-0.25, -0.2) is 4.79 Å². The van der Waals surface area contributed by atoms with E-state index in [4.69, 9.17) is 4.74 Å². The van der Waals surface area contributed by atoms with E-state index in [1.165, 1.54) is 19.2 Å². The van der Waals surface area contributed by atoms with Crippen LogP contribution in [0.15, 0.2) is 12.1 Å². The Hall–Kier alpha value is -2.04. The zero-order valence-electron chi connectivity index (χ0n) is 9.94. The molecule has 0 aliphatic rings. The average Bonchev–Trinajstić information content (AvgIpc) is 2.31. The number of benzene rings is 1. The molecule has 0 saturated carbocycles. The topological polar surface area (TPSA) is 72.8 Å². The lowest BCUT2D eigenvalue weighted by Gasteiger charge is -2.08. The van der Waals surface area contributed by atoms with Crippen LogP contribution in [-0.2, 0) is 9.53 Å². The van der Waals surface area contributed by atoms with Crippen LogP contribution in [0.1, 0.15) is 22.8 Å². The highest BCUT2D eigenvalue weighted by molar-refractivity contribution is 6.40. The number of aromatic hydroxyl groups is 1. The maximum absolute atomic E-state index is 11.7. The third kappa shape index (κ3) is 2.75. The number of hydrogen-bond acceptors (Lipinski definition) is 5. The highest BCUT2D eigenvalue weighted by atomic mass is 16.5. The number of carbonyl (C=O) groups is 2. The Balaban J connectivity index is 3.11. The van der Waals surface area contributed by atoms with E-state index >= 15 is 0 Å². The summed E-state index contributed by atoms with van der Waals surface area (Å²) in [5.74, 6) is -1.57. The summed E-state index contributed by atoms with van der Waals surface area (Å²) >= 11 is 0. The van der Waals surface area contributed by atoms with Crippen LogP contribution in [-0.4, -0.2) is 30.6 Å². The zero-order chi connectivity index (χ0) is 13.0. The first-order chi connectivity index (χ1) is 8.01. The lowest BCUT2D eigenvalue weighted by atomic mass is 10.1. The molecular weight excluding hydrogens is 224 g/mol. The molecule has 1 aromatic rings. The van der Waals surface area contributed by atoms with Gasteiger partial charge >= 0.3 is 5.97 Å². The van der Waals surface area contributed by atoms with E-state index < -0.39 is 11.8 Å². The van der Waals surface area contributed by atoms with Crippen LogP contribution in [0.3, 0.4) is 0 Å². The van der Waals surface area contributed by atoms with Crippen molar-refractivity contribution in [2.24, 2.45) is 0 Å². The van der Waals surface area contributed by atoms with Crippen LogP contribution in [0.25, 0.3) is 0 Å². The fourth-order valence-electron chi connectivity index (χ4n) is 1.35. The van der Waals surface area contributed by atoms with Gasteiger partial charge in [0.05, 0.1) is 13.7 Å². The van der Waals surface area contributed by atoms with Gasteiger partial charge in [-0.3, -0.25) is 4.79 Å². The van der Waals surface area contributed by atoms with Gasteiger partial charge in [0.1, 0.15) is 0 Å². The van der Waals surface area contributed by atoms with Crippen LogP contribution in [0.4, 0.5) is 0 Å². The molecule has 0 fully saturated rings. The molecule has 0 radical (unpaired) electrons. The minimum atomic E-state index is -0.917. The molecule has 1 N–H and O–H groups in total. The van der Waals surface area contributed by atoms with Crippen molar-refractivity contribution in [1.82, 2.24) is 0 Å². The summed E-state index contributed by atoms with van der Waals surface area (Å²) in [6.07, 6.45) is 0. The van der Waals surface area contributed by atoms with E-state index in [9.17, 15) is 14.7 Å². The quantitative estimate of drug-likeness (QED) is 0.488. The summed E-state index contributed by atoms with van der Waals surface area (Å²) in [5.41, 5.74) is 0.590. The molecule has 0 unspecified atom stereocenters. The molecule has 0 aliphatic carbocycles. The van der Waals surface area contributed by atoms with Gasteiger partial charge in [0.25, 0.3) is 5.78 Å². The monoisotopic (exact) mass is 238 g/mol. The number of methoxy groups -OCH3 is 1. The van der Waals surface area contributed by atoms with Crippen molar-refractivity contribution in [2.75, 3.05) is 13.7 Å². The van der Waals surface area contributed by atoms with Crippen LogP contribution in [0.5, 0.6) is 11.5 Å². The minimum Gasteiger partial charge on any atom is -0.504 e. The smallest absolute Gasteiger partial charge is 0.379 e. The Morgan fingerprint density at radius 1 is 1.35 bits per heavy atom. The number of rotatable bonds is 4. The largest absolute Gasteiger partial charge is 0.504 e. The second-order valence-electron chi connectivity index (χ2n) is 3.39. The van der Waals surface area contributed by atoms with Gasteiger partial charge in [-0.05, 0) is 31.5 Å². The summed E-state index contributed by atoms with van der Waals surface area (Å²) in [5, 5.41) is 9.59. The highest BCUT2D eigenvalue weighted by Crippen LogP contribution is 2.30. The van der Waals surface area contributed by atoms with E-state index in [1.807, 2.05) is 0 Å². The van der Waals surface area contributed by atoms with Crippen molar-refractivity contribution >= 4 is 11.8 Å². The van der Waals surface area contributed by atoms with Crippen molar-refractivity contribution in [3.05, 3.63) is 23.3 Å². The van der Waals surface area contributed by atoms with E-state index in [2.05, 4.69) is 4.74 Å². The van der Waals surface area contributed by atoms with Gasteiger partial charge in [0.2, 0.25) is 0 Å². The summed E-state index contributed by atoms with van der Waals surface area (Å²) in [7, 11) is 1.37. The standard InChI is InChI=1S/C12H14O5/c1-4-17-12(15)11(14)8-5-7(2)10(13)9(6-8)16-3/h5-6,13H,4H2,1-3H3. The molecule has 0 aromatic heterocycles. The van der Waals surface area contributed by atoms with E-state index in [0.29, 0.717) is 5.56 Å². The molecule has 0 aliphatic heterocycles.